The Kier molecular flexibility index (Phi) is 4.51. The molecule has 1 saturated heterocycles. The minimum atomic E-state index is 0.980. The second-order valence-corrected chi connectivity index (χ2v) is 9.36. The number of imidazole rings is 1. The highest BCUT2D eigenvalue weighted by Gasteiger charge is 2.14. The van der Waals surface area contributed by atoms with Gasteiger partial charge in [0.1, 0.15) is 5.65 Å². The number of nitrogens with zero attached hydrogens (tertiary/aromatic N) is 4. The van der Waals surface area contributed by atoms with E-state index in [-0.39, 0.29) is 0 Å². The van der Waals surface area contributed by atoms with Crippen LogP contribution >= 0.6 is 11.3 Å². The van der Waals surface area contributed by atoms with Crippen molar-refractivity contribution < 1.29 is 0 Å². The van der Waals surface area contributed by atoms with Crippen LogP contribution in [-0.4, -0.2) is 47.5 Å². The van der Waals surface area contributed by atoms with Gasteiger partial charge >= 0.3 is 0 Å². The maximum absolute atomic E-state index is 4.71. The first-order valence-corrected chi connectivity index (χ1v) is 11.6. The first-order valence-electron chi connectivity index (χ1n) is 10.7. The van der Waals surface area contributed by atoms with Gasteiger partial charge in [-0.2, -0.15) is 0 Å². The molecule has 1 aliphatic heterocycles. The Bertz CT molecular complexity index is 1320. The van der Waals surface area contributed by atoms with Gasteiger partial charge in [0.15, 0.2) is 0 Å². The third kappa shape index (κ3) is 3.40. The lowest BCUT2D eigenvalue weighted by Gasteiger charge is -2.34. The maximum Gasteiger partial charge on any atom is 0.137 e. The van der Waals surface area contributed by atoms with E-state index in [2.05, 4.69) is 94.2 Å². The van der Waals surface area contributed by atoms with Crippen molar-refractivity contribution in [2.75, 3.05) is 38.1 Å². The van der Waals surface area contributed by atoms with Crippen LogP contribution in [0.1, 0.15) is 0 Å². The molecule has 5 heteroatoms. The summed E-state index contributed by atoms with van der Waals surface area (Å²) < 4.78 is 3.50. The second kappa shape index (κ2) is 7.52. The van der Waals surface area contributed by atoms with Crippen LogP contribution in [0, 0.1) is 0 Å². The number of piperazine rings is 1. The minimum absolute atomic E-state index is 0.980. The van der Waals surface area contributed by atoms with Crippen molar-refractivity contribution in [3.8, 4) is 21.7 Å². The number of rotatable bonds is 3. The molecular weight excluding hydrogens is 400 g/mol. The predicted octanol–water partition coefficient (Wildman–Crippen LogP) is 5.63. The van der Waals surface area contributed by atoms with Gasteiger partial charge in [-0.3, -0.25) is 4.40 Å². The molecule has 0 saturated carbocycles. The van der Waals surface area contributed by atoms with Crippen molar-refractivity contribution in [2.24, 2.45) is 0 Å². The van der Waals surface area contributed by atoms with Crippen LogP contribution < -0.4 is 4.90 Å². The summed E-state index contributed by atoms with van der Waals surface area (Å²) in [7, 11) is 2.19. The molecule has 2 aromatic carbocycles. The van der Waals surface area contributed by atoms with Crippen molar-refractivity contribution >= 4 is 32.8 Å². The molecule has 1 aliphatic rings. The third-order valence-corrected chi connectivity index (χ3v) is 7.40. The standard InChI is InChI=1S/C26H24N4S/c1-28-12-14-29(15-13-28)22-8-6-19(7-9-22)20-10-11-30-23(18-27-26(30)17-20)25-16-21-4-2-3-5-24(21)31-25/h2-11,16-18H,12-15H2,1H3. The maximum atomic E-state index is 4.71. The number of thiophene rings is 1. The van der Waals surface area contributed by atoms with E-state index in [4.69, 9.17) is 4.98 Å². The zero-order valence-electron chi connectivity index (χ0n) is 17.5. The summed E-state index contributed by atoms with van der Waals surface area (Å²) >= 11 is 1.82. The van der Waals surface area contributed by atoms with Crippen LogP contribution in [0.25, 0.3) is 37.4 Å². The summed E-state index contributed by atoms with van der Waals surface area (Å²) in [5.41, 5.74) is 5.87. The monoisotopic (exact) mass is 424 g/mol. The van der Waals surface area contributed by atoms with E-state index >= 15 is 0 Å². The fraction of sp³-hybridized carbons (Fsp3) is 0.192. The highest BCUT2D eigenvalue weighted by atomic mass is 32.1. The number of benzene rings is 2. The number of likely N-dealkylation sites (N-methyl/N-ethyl adjacent to an activating group) is 1. The molecule has 0 N–H and O–H groups in total. The molecular formula is C26H24N4S. The van der Waals surface area contributed by atoms with Gasteiger partial charge in [0.25, 0.3) is 0 Å². The number of hydrogen-bond acceptors (Lipinski definition) is 4. The smallest absolute Gasteiger partial charge is 0.137 e. The van der Waals surface area contributed by atoms with Gasteiger partial charge in [-0.1, -0.05) is 30.3 Å². The highest BCUT2D eigenvalue weighted by molar-refractivity contribution is 7.22. The zero-order valence-corrected chi connectivity index (χ0v) is 18.3. The summed E-state index contributed by atoms with van der Waals surface area (Å²) in [5.74, 6) is 0. The Balaban J connectivity index is 1.30. The third-order valence-electron chi connectivity index (χ3n) is 6.26. The van der Waals surface area contributed by atoms with Crippen molar-refractivity contribution in [1.29, 1.82) is 0 Å². The lowest BCUT2D eigenvalue weighted by Crippen LogP contribution is -2.44. The normalized spacial score (nSPS) is 15.2. The number of anilines is 1. The van der Waals surface area contributed by atoms with Gasteiger partial charge in [0.2, 0.25) is 0 Å². The van der Waals surface area contributed by atoms with E-state index in [1.165, 1.54) is 31.8 Å². The van der Waals surface area contributed by atoms with Crippen LogP contribution in [0.5, 0.6) is 0 Å². The Morgan fingerprint density at radius 3 is 2.45 bits per heavy atom. The average molecular weight is 425 g/mol. The van der Waals surface area contributed by atoms with E-state index in [9.17, 15) is 0 Å². The molecule has 0 radical (unpaired) electrons. The van der Waals surface area contributed by atoms with Crippen LogP contribution in [0.4, 0.5) is 5.69 Å². The molecule has 3 aromatic heterocycles. The average Bonchev–Trinajstić information content (AvgIpc) is 3.43. The van der Waals surface area contributed by atoms with Crippen molar-refractivity contribution in [3.63, 3.8) is 0 Å². The van der Waals surface area contributed by atoms with Gasteiger partial charge in [-0.15, -0.1) is 11.3 Å². The molecule has 154 valence electrons. The number of fused-ring (bicyclic) bond motifs is 2. The van der Waals surface area contributed by atoms with Crippen molar-refractivity contribution in [3.05, 3.63) is 79.1 Å². The van der Waals surface area contributed by atoms with Gasteiger partial charge in [-0.25, -0.2) is 4.98 Å². The summed E-state index contributed by atoms with van der Waals surface area (Å²) in [5, 5.41) is 1.29. The summed E-state index contributed by atoms with van der Waals surface area (Å²) in [6.45, 7) is 4.44. The lowest BCUT2D eigenvalue weighted by atomic mass is 10.1. The van der Waals surface area contributed by atoms with Crippen LogP contribution in [0.15, 0.2) is 79.1 Å². The van der Waals surface area contributed by atoms with E-state index in [0.29, 0.717) is 0 Å². The van der Waals surface area contributed by atoms with Crippen LogP contribution in [-0.2, 0) is 0 Å². The van der Waals surface area contributed by atoms with E-state index in [0.717, 1.165) is 37.5 Å². The van der Waals surface area contributed by atoms with E-state index in [1.54, 1.807) is 0 Å². The SMILES string of the molecule is CN1CCN(c2ccc(-c3ccn4c(-c5cc6ccccc6s5)cnc4c3)cc2)CC1. The second-order valence-electron chi connectivity index (χ2n) is 8.27. The lowest BCUT2D eigenvalue weighted by molar-refractivity contribution is 0.313. The molecule has 4 nitrogen and oxygen atoms in total. The molecule has 0 unspecified atom stereocenters. The molecule has 5 aromatic rings. The zero-order chi connectivity index (χ0) is 20.8. The molecule has 6 rings (SSSR count). The first kappa shape index (κ1) is 18.6. The van der Waals surface area contributed by atoms with Crippen molar-refractivity contribution in [1.82, 2.24) is 14.3 Å². The largest absolute Gasteiger partial charge is 0.369 e. The Hall–Kier alpha value is -3.15. The van der Waals surface area contributed by atoms with E-state index < -0.39 is 0 Å². The van der Waals surface area contributed by atoms with Gasteiger partial charge in [-0.05, 0) is 60.0 Å². The number of hydrogen-bond donors (Lipinski definition) is 0. The number of pyridine rings is 1. The number of aromatic nitrogens is 2. The fourth-order valence-electron chi connectivity index (χ4n) is 4.38. The fourth-order valence-corrected chi connectivity index (χ4v) is 5.45. The van der Waals surface area contributed by atoms with Crippen molar-refractivity contribution in [2.45, 2.75) is 0 Å². The molecule has 0 bridgehead atoms. The molecule has 0 spiro atoms. The Morgan fingerprint density at radius 2 is 1.65 bits per heavy atom. The Morgan fingerprint density at radius 1 is 0.839 bits per heavy atom. The molecule has 4 heterocycles. The summed E-state index contributed by atoms with van der Waals surface area (Å²) in [4.78, 5) is 10.8. The summed E-state index contributed by atoms with van der Waals surface area (Å²) in [6, 6.07) is 24.1. The molecule has 0 atom stereocenters. The van der Waals surface area contributed by atoms with Crippen LogP contribution in [0.3, 0.4) is 0 Å². The predicted molar refractivity (Wildman–Crippen MR) is 131 cm³/mol. The minimum Gasteiger partial charge on any atom is -0.369 e. The Labute approximate surface area is 186 Å². The quantitative estimate of drug-likeness (QED) is 0.375. The molecule has 0 amide bonds. The molecule has 0 aliphatic carbocycles. The highest BCUT2D eigenvalue weighted by Crippen LogP contribution is 2.34. The topological polar surface area (TPSA) is 23.8 Å². The van der Waals surface area contributed by atoms with Crippen LogP contribution in [0.2, 0.25) is 0 Å². The van der Waals surface area contributed by atoms with Gasteiger partial charge < -0.3 is 9.80 Å². The van der Waals surface area contributed by atoms with Gasteiger partial charge in [0.05, 0.1) is 16.8 Å². The van der Waals surface area contributed by atoms with E-state index in [1.807, 2.05) is 17.5 Å². The first-order chi connectivity index (χ1) is 15.2. The summed E-state index contributed by atoms with van der Waals surface area (Å²) in [6.07, 6.45) is 4.13. The molecule has 1 fully saturated rings. The molecule has 31 heavy (non-hydrogen) atoms. The van der Waals surface area contributed by atoms with Gasteiger partial charge in [0, 0.05) is 42.8 Å².